The van der Waals surface area contributed by atoms with Gasteiger partial charge < -0.3 is 11.1 Å². The van der Waals surface area contributed by atoms with E-state index in [-0.39, 0.29) is 0 Å². The predicted octanol–water partition coefficient (Wildman–Crippen LogP) is 2.21. The Hall–Kier alpha value is -1.55. The van der Waals surface area contributed by atoms with Crippen LogP contribution in [0.5, 0.6) is 0 Å². The fourth-order valence-electron chi connectivity index (χ4n) is 2.40. The van der Waals surface area contributed by atoms with Crippen molar-refractivity contribution in [2.24, 2.45) is 16.6 Å². The van der Waals surface area contributed by atoms with Crippen LogP contribution in [0.2, 0.25) is 0 Å². The van der Waals surface area contributed by atoms with Gasteiger partial charge in [-0.25, -0.2) is 0 Å². The number of rotatable bonds is 7. The fraction of sp³-hybridized carbons (Fsp3) is 0.588. The van der Waals surface area contributed by atoms with Gasteiger partial charge in [-0.2, -0.15) is 0 Å². The molecule has 1 unspecified atom stereocenters. The molecule has 1 aliphatic rings. The van der Waals surface area contributed by atoms with E-state index >= 15 is 0 Å². The number of nitrogens with zero attached hydrogens (tertiary/aromatic N) is 2. The standard InChI is InChI=1S/C17H28N4/c1-14(21(2)13-16-7-4-3-5-8-16)11-19-17(18)20-12-15-9-6-10-15/h3-5,7-8,14-15H,6,9-13H2,1-2H3,(H3,18,19,20). The Morgan fingerprint density at radius 3 is 2.71 bits per heavy atom. The van der Waals surface area contributed by atoms with E-state index in [1.807, 2.05) is 6.07 Å². The Kier molecular flexibility index (Phi) is 6.05. The molecule has 0 aliphatic heterocycles. The van der Waals surface area contributed by atoms with Gasteiger partial charge in [0.15, 0.2) is 5.96 Å². The summed E-state index contributed by atoms with van der Waals surface area (Å²) in [5, 5.41) is 3.24. The first-order valence-corrected chi connectivity index (χ1v) is 7.93. The van der Waals surface area contributed by atoms with Crippen LogP contribution < -0.4 is 11.1 Å². The Bertz CT molecular complexity index is 439. The highest BCUT2D eigenvalue weighted by Crippen LogP contribution is 2.24. The van der Waals surface area contributed by atoms with Crippen molar-refractivity contribution in [3.05, 3.63) is 35.9 Å². The Morgan fingerprint density at radius 2 is 2.10 bits per heavy atom. The van der Waals surface area contributed by atoms with Crippen molar-refractivity contribution >= 4 is 5.96 Å². The molecule has 0 heterocycles. The zero-order valence-corrected chi connectivity index (χ0v) is 13.3. The van der Waals surface area contributed by atoms with E-state index in [1.54, 1.807) is 0 Å². The summed E-state index contributed by atoms with van der Waals surface area (Å²) in [6, 6.07) is 10.9. The monoisotopic (exact) mass is 288 g/mol. The summed E-state index contributed by atoms with van der Waals surface area (Å²) in [7, 11) is 2.13. The molecule has 1 fully saturated rings. The van der Waals surface area contributed by atoms with Gasteiger partial charge in [0.1, 0.15) is 0 Å². The summed E-state index contributed by atoms with van der Waals surface area (Å²) in [6.45, 7) is 4.83. The molecule has 1 saturated carbocycles. The molecule has 1 aromatic rings. The summed E-state index contributed by atoms with van der Waals surface area (Å²) in [5.41, 5.74) is 7.25. The van der Waals surface area contributed by atoms with Gasteiger partial charge in [0.2, 0.25) is 0 Å². The minimum atomic E-state index is 0.370. The van der Waals surface area contributed by atoms with Crippen LogP contribution in [0.25, 0.3) is 0 Å². The van der Waals surface area contributed by atoms with Crippen LogP contribution in [0.3, 0.4) is 0 Å². The quantitative estimate of drug-likeness (QED) is 0.597. The van der Waals surface area contributed by atoms with Crippen molar-refractivity contribution in [3.63, 3.8) is 0 Å². The third-order valence-electron chi connectivity index (χ3n) is 4.35. The lowest BCUT2D eigenvalue weighted by atomic mass is 9.85. The summed E-state index contributed by atoms with van der Waals surface area (Å²) in [6.07, 6.45) is 4.03. The first kappa shape index (κ1) is 15.8. The van der Waals surface area contributed by atoms with Crippen LogP contribution in [0.4, 0.5) is 0 Å². The zero-order valence-electron chi connectivity index (χ0n) is 13.3. The molecule has 0 aromatic heterocycles. The molecule has 1 aromatic carbocycles. The number of nitrogens with one attached hydrogen (secondary N) is 1. The average molecular weight is 288 g/mol. The molecule has 0 amide bonds. The molecule has 21 heavy (non-hydrogen) atoms. The van der Waals surface area contributed by atoms with E-state index in [2.05, 4.69) is 53.4 Å². The van der Waals surface area contributed by atoms with E-state index < -0.39 is 0 Å². The van der Waals surface area contributed by atoms with Crippen molar-refractivity contribution < 1.29 is 0 Å². The highest BCUT2D eigenvalue weighted by molar-refractivity contribution is 5.77. The van der Waals surface area contributed by atoms with Gasteiger partial charge >= 0.3 is 0 Å². The van der Waals surface area contributed by atoms with Gasteiger partial charge in [0.05, 0.1) is 6.54 Å². The lowest BCUT2D eigenvalue weighted by Gasteiger charge is -2.26. The van der Waals surface area contributed by atoms with Gasteiger partial charge in [-0.3, -0.25) is 9.89 Å². The molecule has 4 nitrogen and oxygen atoms in total. The lowest BCUT2D eigenvalue weighted by Crippen LogP contribution is -2.38. The van der Waals surface area contributed by atoms with Crippen LogP contribution in [0.1, 0.15) is 31.7 Å². The highest BCUT2D eigenvalue weighted by Gasteiger charge is 2.17. The molecule has 0 spiro atoms. The Morgan fingerprint density at radius 1 is 1.38 bits per heavy atom. The van der Waals surface area contributed by atoms with Crippen LogP contribution in [0, 0.1) is 5.92 Å². The van der Waals surface area contributed by atoms with Gasteiger partial charge in [0, 0.05) is 19.1 Å². The largest absolute Gasteiger partial charge is 0.370 e. The third kappa shape index (κ3) is 5.38. The van der Waals surface area contributed by atoms with Crippen LogP contribution in [-0.2, 0) is 6.54 Å². The summed E-state index contributed by atoms with van der Waals surface area (Å²) >= 11 is 0. The molecular formula is C17H28N4. The topological polar surface area (TPSA) is 53.6 Å². The first-order valence-electron chi connectivity index (χ1n) is 7.93. The van der Waals surface area contributed by atoms with Crippen LogP contribution in [0.15, 0.2) is 35.3 Å². The van der Waals surface area contributed by atoms with Crippen LogP contribution in [-0.4, -0.2) is 37.0 Å². The van der Waals surface area contributed by atoms with Gasteiger partial charge in [0.25, 0.3) is 0 Å². The minimum Gasteiger partial charge on any atom is -0.370 e. The van der Waals surface area contributed by atoms with Crippen molar-refractivity contribution in [2.75, 3.05) is 20.1 Å². The van der Waals surface area contributed by atoms with Gasteiger partial charge in [-0.1, -0.05) is 36.8 Å². The Labute approximate surface area is 128 Å². The smallest absolute Gasteiger partial charge is 0.188 e. The van der Waals surface area contributed by atoms with Crippen molar-refractivity contribution in [1.29, 1.82) is 0 Å². The molecule has 116 valence electrons. The lowest BCUT2D eigenvalue weighted by molar-refractivity contribution is 0.255. The molecule has 0 bridgehead atoms. The molecule has 0 radical (unpaired) electrons. The normalized spacial score (nSPS) is 17.6. The van der Waals surface area contributed by atoms with Crippen molar-refractivity contribution in [1.82, 2.24) is 10.2 Å². The van der Waals surface area contributed by atoms with E-state index in [0.29, 0.717) is 12.0 Å². The molecule has 0 saturated heterocycles. The zero-order chi connectivity index (χ0) is 15.1. The van der Waals surface area contributed by atoms with Crippen LogP contribution >= 0.6 is 0 Å². The first-order chi connectivity index (χ1) is 10.1. The molecule has 2 rings (SSSR count). The summed E-state index contributed by atoms with van der Waals surface area (Å²) < 4.78 is 0. The molecule has 4 heteroatoms. The maximum Gasteiger partial charge on any atom is 0.188 e. The number of hydrogen-bond donors (Lipinski definition) is 2. The maximum absolute atomic E-state index is 5.92. The minimum absolute atomic E-state index is 0.370. The number of aliphatic imine (C=N–C) groups is 1. The predicted molar refractivity (Wildman–Crippen MR) is 89.2 cm³/mol. The second-order valence-corrected chi connectivity index (χ2v) is 6.15. The number of hydrogen-bond acceptors (Lipinski definition) is 2. The molecule has 3 N–H and O–H groups in total. The van der Waals surface area contributed by atoms with E-state index in [1.165, 1.54) is 24.8 Å². The van der Waals surface area contributed by atoms with Crippen molar-refractivity contribution in [2.45, 2.75) is 38.8 Å². The molecular weight excluding hydrogens is 260 g/mol. The highest BCUT2D eigenvalue weighted by atomic mass is 15.2. The number of guanidine groups is 1. The SMILES string of the molecule is CC(CN=C(N)NCC1CCC1)N(C)Cc1ccccc1. The van der Waals surface area contributed by atoms with E-state index in [9.17, 15) is 0 Å². The number of benzene rings is 1. The second-order valence-electron chi connectivity index (χ2n) is 6.15. The summed E-state index contributed by atoms with van der Waals surface area (Å²) in [4.78, 5) is 6.76. The molecule has 1 aliphatic carbocycles. The second kappa shape index (κ2) is 8.03. The third-order valence-corrected chi connectivity index (χ3v) is 4.35. The van der Waals surface area contributed by atoms with Crippen molar-refractivity contribution in [3.8, 4) is 0 Å². The fourth-order valence-corrected chi connectivity index (χ4v) is 2.40. The maximum atomic E-state index is 5.92. The Balaban J connectivity index is 1.70. The van der Waals surface area contributed by atoms with E-state index in [4.69, 9.17) is 5.73 Å². The number of nitrogens with two attached hydrogens (primary N) is 1. The molecule has 1 atom stereocenters. The van der Waals surface area contributed by atoms with Gasteiger partial charge in [-0.05, 0) is 38.3 Å². The summed E-state index contributed by atoms with van der Waals surface area (Å²) in [5.74, 6) is 1.39. The van der Waals surface area contributed by atoms with E-state index in [0.717, 1.165) is 25.6 Å². The number of likely N-dealkylation sites (N-methyl/N-ethyl adjacent to an activating group) is 1. The average Bonchev–Trinajstić information content (AvgIpc) is 2.44. The van der Waals surface area contributed by atoms with Gasteiger partial charge in [-0.15, -0.1) is 0 Å².